The Kier molecular flexibility index (Phi) is 7.03. The van der Waals surface area contributed by atoms with Crippen molar-refractivity contribution in [2.75, 3.05) is 6.54 Å². The molecule has 1 aromatic heterocycles. The van der Waals surface area contributed by atoms with E-state index in [2.05, 4.69) is 15.6 Å². The van der Waals surface area contributed by atoms with E-state index in [1.54, 1.807) is 30.6 Å². The molecule has 2 aromatic rings. The van der Waals surface area contributed by atoms with E-state index in [0.717, 1.165) is 5.56 Å². The van der Waals surface area contributed by atoms with E-state index < -0.39 is 0 Å². The van der Waals surface area contributed by atoms with Crippen LogP contribution in [0.1, 0.15) is 17.5 Å². The van der Waals surface area contributed by atoms with Crippen molar-refractivity contribution in [1.82, 2.24) is 15.6 Å². The highest BCUT2D eigenvalue weighted by molar-refractivity contribution is 6.35. The van der Waals surface area contributed by atoms with Gasteiger partial charge in [0, 0.05) is 41.9 Å². The highest BCUT2D eigenvalue weighted by atomic mass is 35.5. The summed E-state index contributed by atoms with van der Waals surface area (Å²) in [6.45, 7) is 0.684. The van der Waals surface area contributed by atoms with Crippen molar-refractivity contribution >= 4 is 35.0 Å². The molecule has 1 aromatic carbocycles. The van der Waals surface area contributed by atoms with E-state index in [1.807, 2.05) is 12.1 Å². The molecular weight excluding hydrogens is 349 g/mol. The average molecular weight is 366 g/mol. The van der Waals surface area contributed by atoms with Crippen LogP contribution in [0.25, 0.3) is 0 Å². The summed E-state index contributed by atoms with van der Waals surface area (Å²) in [6.07, 6.45) is 3.72. The van der Waals surface area contributed by atoms with Crippen LogP contribution in [0, 0.1) is 0 Å². The summed E-state index contributed by atoms with van der Waals surface area (Å²) in [5, 5.41) is 6.44. The molecule has 0 aliphatic rings. The van der Waals surface area contributed by atoms with Crippen molar-refractivity contribution in [3.63, 3.8) is 0 Å². The molecule has 2 amide bonds. The minimum atomic E-state index is -0.195. The van der Waals surface area contributed by atoms with Crippen molar-refractivity contribution in [1.29, 1.82) is 0 Å². The Balaban J connectivity index is 1.67. The Morgan fingerprint density at radius 3 is 2.62 bits per heavy atom. The van der Waals surface area contributed by atoms with E-state index >= 15 is 0 Å². The van der Waals surface area contributed by atoms with Crippen LogP contribution in [-0.4, -0.2) is 23.3 Å². The number of hydrogen-bond acceptors (Lipinski definition) is 3. The number of carbonyl (C=O) groups is 2. The highest BCUT2D eigenvalue weighted by Gasteiger charge is 2.08. The maximum atomic E-state index is 11.9. The second kappa shape index (κ2) is 9.25. The van der Waals surface area contributed by atoms with Gasteiger partial charge in [-0.1, -0.05) is 35.3 Å². The number of benzene rings is 1. The molecule has 0 atom stereocenters. The maximum Gasteiger partial charge on any atom is 0.224 e. The number of amides is 2. The van der Waals surface area contributed by atoms with Gasteiger partial charge in [-0.25, -0.2) is 0 Å². The highest BCUT2D eigenvalue weighted by Crippen LogP contribution is 2.21. The summed E-state index contributed by atoms with van der Waals surface area (Å²) in [4.78, 5) is 27.6. The van der Waals surface area contributed by atoms with Gasteiger partial charge in [-0.15, -0.1) is 0 Å². The van der Waals surface area contributed by atoms with Crippen LogP contribution in [0.3, 0.4) is 0 Å². The van der Waals surface area contributed by atoms with Gasteiger partial charge in [0.05, 0.1) is 6.42 Å². The summed E-state index contributed by atoms with van der Waals surface area (Å²) in [7, 11) is 0. The van der Waals surface area contributed by atoms with Gasteiger partial charge in [0.1, 0.15) is 0 Å². The van der Waals surface area contributed by atoms with Gasteiger partial charge in [-0.05, 0) is 29.3 Å². The predicted octanol–water partition coefficient (Wildman–Crippen LogP) is 2.75. The Bertz CT molecular complexity index is 708. The van der Waals surface area contributed by atoms with E-state index in [0.29, 0.717) is 22.2 Å². The molecule has 24 heavy (non-hydrogen) atoms. The summed E-state index contributed by atoms with van der Waals surface area (Å²) >= 11 is 11.8. The van der Waals surface area contributed by atoms with Gasteiger partial charge in [0.2, 0.25) is 11.8 Å². The third-order valence-electron chi connectivity index (χ3n) is 3.25. The Hall–Kier alpha value is -2.11. The van der Waals surface area contributed by atoms with Gasteiger partial charge in [0.15, 0.2) is 0 Å². The number of aromatic nitrogens is 1. The Morgan fingerprint density at radius 2 is 1.92 bits per heavy atom. The molecule has 5 nitrogen and oxygen atoms in total. The minimum absolute atomic E-state index is 0.135. The number of hydrogen-bond donors (Lipinski definition) is 2. The second-order valence-corrected chi connectivity index (χ2v) is 5.99. The van der Waals surface area contributed by atoms with E-state index in [4.69, 9.17) is 23.2 Å². The lowest BCUT2D eigenvalue weighted by atomic mass is 10.1. The topological polar surface area (TPSA) is 71.1 Å². The lowest BCUT2D eigenvalue weighted by molar-refractivity contribution is -0.122. The molecule has 0 saturated carbocycles. The normalized spacial score (nSPS) is 10.2. The third-order valence-corrected chi connectivity index (χ3v) is 3.84. The van der Waals surface area contributed by atoms with Gasteiger partial charge < -0.3 is 10.6 Å². The van der Waals surface area contributed by atoms with Gasteiger partial charge in [-0.3, -0.25) is 14.6 Å². The first kappa shape index (κ1) is 18.2. The number of nitrogens with zero attached hydrogens (tertiary/aromatic N) is 1. The molecule has 0 saturated heterocycles. The molecule has 0 aliphatic carbocycles. The van der Waals surface area contributed by atoms with Crippen LogP contribution in [0.15, 0.2) is 42.7 Å². The minimum Gasteiger partial charge on any atom is -0.355 e. The first-order chi connectivity index (χ1) is 11.5. The molecule has 0 aliphatic heterocycles. The first-order valence-electron chi connectivity index (χ1n) is 7.41. The smallest absolute Gasteiger partial charge is 0.224 e. The quantitative estimate of drug-likeness (QED) is 0.792. The van der Waals surface area contributed by atoms with Gasteiger partial charge >= 0.3 is 0 Å². The molecule has 7 heteroatoms. The zero-order chi connectivity index (χ0) is 17.4. The monoisotopic (exact) mass is 365 g/mol. The van der Waals surface area contributed by atoms with Crippen LogP contribution >= 0.6 is 23.2 Å². The summed E-state index contributed by atoms with van der Waals surface area (Å²) < 4.78 is 0. The van der Waals surface area contributed by atoms with Crippen molar-refractivity contribution in [3.05, 3.63) is 63.9 Å². The van der Waals surface area contributed by atoms with Crippen molar-refractivity contribution in [3.8, 4) is 0 Å². The maximum absolute atomic E-state index is 11.9. The lowest BCUT2D eigenvalue weighted by Crippen LogP contribution is -2.31. The summed E-state index contributed by atoms with van der Waals surface area (Å²) in [5.41, 5.74) is 1.62. The first-order valence-corrected chi connectivity index (χ1v) is 8.16. The van der Waals surface area contributed by atoms with Crippen molar-refractivity contribution in [2.24, 2.45) is 0 Å². The van der Waals surface area contributed by atoms with Crippen molar-refractivity contribution < 1.29 is 9.59 Å². The van der Waals surface area contributed by atoms with Gasteiger partial charge in [-0.2, -0.15) is 0 Å². The van der Waals surface area contributed by atoms with Crippen LogP contribution in [0.5, 0.6) is 0 Å². The van der Waals surface area contributed by atoms with Crippen LogP contribution < -0.4 is 10.6 Å². The fourth-order valence-corrected chi connectivity index (χ4v) is 2.48. The fraction of sp³-hybridized carbons (Fsp3) is 0.235. The Morgan fingerprint density at radius 1 is 1.08 bits per heavy atom. The summed E-state index contributed by atoms with van der Waals surface area (Å²) in [5.74, 6) is -0.331. The number of halogens is 2. The van der Waals surface area contributed by atoms with E-state index in [1.165, 1.54) is 0 Å². The van der Waals surface area contributed by atoms with E-state index in [-0.39, 0.29) is 31.2 Å². The molecule has 126 valence electrons. The number of nitrogens with one attached hydrogen (secondary N) is 2. The van der Waals surface area contributed by atoms with E-state index in [9.17, 15) is 9.59 Å². The zero-order valence-corrected chi connectivity index (χ0v) is 14.4. The average Bonchev–Trinajstić information content (AvgIpc) is 2.56. The Labute approximate surface area is 150 Å². The zero-order valence-electron chi connectivity index (χ0n) is 12.9. The number of carbonyl (C=O) groups excluding carboxylic acids is 2. The standard InChI is InChI=1S/C17H17Cl2N3O2/c18-14-4-3-13(15(19)9-14)8-17(24)21-7-5-16(23)22-11-12-2-1-6-20-10-12/h1-4,6,9-10H,5,7-8,11H2,(H,21,24)(H,22,23). The summed E-state index contributed by atoms with van der Waals surface area (Å²) in [6, 6.07) is 8.68. The fourth-order valence-electron chi connectivity index (χ4n) is 2.01. The molecule has 0 unspecified atom stereocenters. The second-order valence-electron chi connectivity index (χ2n) is 5.15. The van der Waals surface area contributed by atoms with Gasteiger partial charge in [0.25, 0.3) is 0 Å². The van der Waals surface area contributed by atoms with Crippen LogP contribution in [-0.2, 0) is 22.6 Å². The van der Waals surface area contributed by atoms with Crippen LogP contribution in [0.4, 0.5) is 0 Å². The molecule has 0 radical (unpaired) electrons. The number of pyridine rings is 1. The largest absolute Gasteiger partial charge is 0.355 e. The van der Waals surface area contributed by atoms with Crippen LogP contribution in [0.2, 0.25) is 10.0 Å². The molecule has 0 spiro atoms. The molecule has 2 N–H and O–H groups in total. The SMILES string of the molecule is O=C(CCNC(=O)Cc1ccc(Cl)cc1Cl)NCc1cccnc1. The molecule has 0 fully saturated rings. The lowest BCUT2D eigenvalue weighted by Gasteiger charge is -2.08. The predicted molar refractivity (Wildman–Crippen MR) is 93.9 cm³/mol. The third kappa shape index (κ3) is 6.18. The number of rotatable bonds is 7. The molecule has 2 rings (SSSR count). The molecular formula is C17H17Cl2N3O2. The molecule has 0 bridgehead atoms. The molecule has 1 heterocycles. The van der Waals surface area contributed by atoms with Crippen molar-refractivity contribution in [2.45, 2.75) is 19.4 Å².